The molecule has 0 aliphatic heterocycles. The van der Waals surface area contributed by atoms with Gasteiger partial charge in [0.15, 0.2) is 0 Å². The Morgan fingerprint density at radius 2 is 2.12 bits per heavy atom. The highest BCUT2D eigenvalue weighted by molar-refractivity contribution is 5.98. The molecule has 0 radical (unpaired) electrons. The summed E-state index contributed by atoms with van der Waals surface area (Å²) in [6.07, 6.45) is 4.52. The Balaban J connectivity index is 2.23. The number of aliphatic imine (C=N–C) groups is 1. The van der Waals surface area contributed by atoms with Gasteiger partial charge in [-0.2, -0.15) is 0 Å². The SMILES string of the molecule is C=N/C(NC1(C)CC1)=C(\CC)C(C(=O)NCc1ncc(C)o1)=C(C)C. The van der Waals surface area contributed by atoms with E-state index in [1.54, 1.807) is 6.20 Å². The van der Waals surface area contributed by atoms with Gasteiger partial charge in [0.1, 0.15) is 11.6 Å². The first-order valence-electron chi connectivity index (χ1n) is 8.65. The number of rotatable bonds is 8. The van der Waals surface area contributed by atoms with Crippen molar-refractivity contribution in [1.82, 2.24) is 15.6 Å². The second-order valence-electron chi connectivity index (χ2n) is 6.95. The second-order valence-corrected chi connectivity index (χ2v) is 6.95. The van der Waals surface area contributed by atoms with Crippen molar-refractivity contribution >= 4 is 12.6 Å². The third kappa shape index (κ3) is 4.81. The van der Waals surface area contributed by atoms with E-state index in [9.17, 15) is 4.79 Å². The van der Waals surface area contributed by atoms with Gasteiger partial charge in [-0.25, -0.2) is 9.98 Å². The molecule has 1 amide bonds. The summed E-state index contributed by atoms with van der Waals surface area (Å²) in [6, 6.07) is 0. The quantitative estimate of drug-likeness (QED) is 0.430. The minimum Gasteiger partial charge on any atom is -0.444 e. The summed E-state index contributed by atoms with van der Waals surface area (Å²) in [6.45, 7) is 13.8. The molecule has 0 atom stereocenters. The zero-order valence-electron chi connectivity index (χ0n) is 15.8. The van der Waals surface area contributed by atoms with Crippen molar-refractivity contribution in [3.63, 3.8) is 0 Å². The van der Waals surface area contributed by atoms with Gasteiger partial charge >= 0.3 is 0 Å². The molecule has 2 N–H and O–H groups in total. The Hall–Kier alpha value is -2.37. The second kappa shape index (κ2) is 7.68. The van der Waals surface area contributed by atoms with E-state index in [0.29, 0.717) is 23.7 Å². The number of aryl methyl sites for hydroxylation is 1. The van der Waals surface area contributed by atoms with E-state index in [-0.39, 0.29) is 18.0 Å². The molecule has 0 saturated heterocycles. The maximum absolute atomic E-state index is 12.8. The largest absolute Gasteiger partial charge is 0.444 e. The maximum atomic E-state index is 12.8. The zero-order valence-corrected chi connectivity index (χ0v) is 15.8. The fourth-order valence-corrected chi connectivity index (χ4v) is 2.66. The van der Waals surface area contributed by atoms with E-state index >= 15 is 0 Å². The molecular weight excluding hydrogens is 316 g/mol. The van der Waals surface area contributed by atoms with Gasteiger partial charge in [-0.05, 0) is 53.7 Å². The fraction of sp³-hybridized carbons (Fsp3) is 0.526. The molecule has 1 saturated carbocycles. The van der Waals surface area contributed by atoms with Crippen molar-refractivity contribution < 1.29 is 9.21 Å². The minimum atomic E-state index is -0.156. The Bertz CT molecular complexity index is 720. The lowest BCUT2D eigenvalue weighted by atomic mass is 9.97. The van der Waals surface area contributed by atoms with Crippen molar-refractivity contribution in [2.75, 3.05) is 0 Å². The molecule has 0 spiro atoms. The van der Waals surface area contributed by atoms with Crippen molar-refractivity contribution in [3.8, 4) is 0 Å². The van der Waals surface area contributed by atoms with Crippen LogP contribution in [0, 0.1) is 6.92 Å². The molecule has 1 aliphatic rings. The van der Waals surface area contributed by atoms with Crippen molar-refractivity contribution in [3.05, 3.63) is 40.4 Å². The molecule has 2 rings (SSSR count). The number of aromatic nitrogens is 1. The summed E-state index contributed by atoms with van der Waals surface area (Å²) >= 11 is 0. The van der Waals surface area contributed by atoms with E-state index in [1.807, 2.05) is 27.7 Å². The van der Waals surface area contributed by atoms with Gasteiger partial charge in [-0.15, -0.1) is 0 Å². The highest BCUT2D eigenvalue weighted by Crippen LogP contribution is 2.36. The summed E-state index contributed by atoms with van der Waals surface area (Å²) in [5.74, 6) is 1.75. The number of hydrogen-bond donors (Lipinski definition) is 2. The van der Waals surface area contributed by atoms with Crippen LogP contribution in [0.1, 0.15) is 58.6 Å². The molecule has 0 bridgehead atoms. The zero-order chi connectivity index (χ0) is 18.6. The Morgan fingerprint density at radius 1 is 1.44 bits per heavy atom. The monoisotopic (exact) mass is 344 g/mol. The summed E-state index contributed by atoms with van der Waals surface area (Å²) in [5, 5.41) is 6.33. The van der Waals surface area contributed by atoms with Crippen molar-refractivity contribution in [1.29, 1.82) is 0 Å². The van der Waals surface area contributed by atoms with Crippen LogP contribution in [0.3, 0.4) is 0 Å². The van der Waals surface area contributed by atoms with Crippen LogP contribution in [0.25, 0.3) is 0 Å². The lowest BCUT2D eigenvalue weighted by molar-refractivity contribution is -0.117. The molecule has 25 heavy (non-hydrogen) atoms. The first-order valence-corrected chi connectivity index (χ1v) is 8.65. The molecule has 1 aromatic rings. The summed E-state index contributed by atoms with van der Waals surface area (Å²) in [5.41, 5.74) is 2.52. The maximum Gasteiger partial charge on any atom is 0.252 e. The number of carbonyl (C=O) groups excluding carboxylic acids is 1. The molecule has 1 heterocycles. The molecule has 6 heteroatoms. The number of amides is 1. The van der Waals surface area contributed by atoms with Crippen LogP contribution in [0.15, 0.2) is 38.1 Å². The average molecular weight is 344 g/mol. The number of hydrogen-bond acceptors (Lipinski definition) is 5. The molecule has 1 aliphatic carbocycles. The standard InChI is InChI=1S/C19H28N4O2/c1-7-14(17(20-6)23-19(5)8-9-19)16(12(2)3)18(24)22-11-15-21-10-13(4)25-15/h10,23H,6-9,11H2,1-5H3,(H,22,24)/b17-14-. The number of allylic oxidation sites excluding steroid dienone is 1. The van der Waals surface area contributed by atoms with Crippen LogP contribution in [0.4, 0.5) is 0 Å². The van der Waals surface area contributed by atoms with Gasteiger partial charge in [0.25, 0.3) is 5.91 Å². The van der Waals surface area contributed by atoms with Crippen LogP contribution >= 0.6 is 0 Å². The normalized spacial score (nSPS) is 15.9. The van der Waals surface area contributed by atoms with Crippen molar-refractivity contribution in [2.24, 2.45) is 4.99 Å². The Labute approximate surface area is 149 Å². The fourth-order valence-electron chi connectivity index (χ4n) is 2.66. The van der Waals surface area contributed by atoms with Gasteiger partial charge in [-0.3, -0.25) is 4.79 Å². The first kappa shape index (κ1) is 19.0. The highest BCUT2D eigenvalue weighted by atomic mass is 16.4. The van der Waals surface area contributed by atoms with Gasteiger partial charge in [0.05, 0.1) is 12.7 Å². The smallest absolute Gasteiger partial charge is 0.252 e. The molecule has 0 aromatic carbocycles. The molecule has 0 unspecified atom stereocenters. The lowest BCUT2D eigenvalue weighted by Gasteiger charge is -2.20. The molecule has 1 fully saturated rings. The Kier molecular flexibility index (Phi) is 5.82. The van der Waals surface area contributed by atoms with Gasteiger partial charge < -0.3 is 15.1 Å². The highest BCUT2D eigenvalue weighted by Gasteiger charge is 2.38. The van der Waals surface area contributed by atoms with E-state index in [1.165, 1.54) is 0 Å². The van der Waals surface area contributed by atoms with E-state index in [2.05, 4.69) is 34.3 Å². The van der Waals surface area contributed by atoms with E-state index < -0.39 is 0 Å². The summed E-state index contributed by atoms with van der Waals surface area (Å²) < 4.78 is 5.41. The van der Waals surface area contributed by atoms with Crippen LogP contribution in [-0.2, 0) is 11.3 Å². The van der Waals surface area contributed by atoms with Crippen LogP contribution in [0.5, 0.6) is 0 Å². The predicted octanol–water partition coefficient (Wildman–Crippen LogP) is 3.40. The molecule has 136 valence electrons. The van der Waals surface area contributed by atoms with Gasteiger partial charge in [0, 0.05) is 16.7 Å². The summed E-state index contributed by atoms with van der Waals surface area (Å²) in [4.78, 5) is 21.1. The van der Waals surface area contributed by atoms with Crippen molar-refractivity contribution in [2.45, 2.75) is 66.0 Å². The van der Waals surface area contributed by atoms with E-state index in [0.717, 1.165) is 29.7 Å². The number of oxazole rings is 1. The number of nitrogens with one attached hydrogen (secondary N) is 2. The molecule has 6 nitrogen and oxygen atoms in total. The first-order chi connectivity index (χ1) is 11.8. The third-order valence-corrected chi connectivity index (χ3v) is 4.32. The van der Waals surface area contributed by atoms with E-state index in [4.69, 9.17) is 4.42 Å². The minimum absolute atomic E-state index is 0.0653. The lowest BCUT2D eigenvalue weighted by Crippen LogP contribution is -2.30. The van der Waals surface area contributed by atoms with Crippen LogP contribution in [0.2, 0.25) is 0 Å². The van der Waals surface area contributed by atoms with Crippen LogP contribution in [-0.4, -0.2) is 23.1 Å². The third-order valence-electron chi connectivity index (χ3n) is 4.32. The van der Waals surface area contributed by atoms with Crippen LogP contribution < -0.4 is 10.6 Å². The topological polar surface area (TPSA) is 79.5 Å². The van der Waals surface area contributed by atoms with Gasteiger partial charge in [-0.1, -0.05) is 12.5 Å². The molecule has 1 aromatic heterocycles. The number of nitrogens with zero attached hydrogens (tertiary/aromatic N) is 2. The number of carbonyl (C=O) groups is 1. The predicted molar refractivity (Wildman–Crippen MR) is 99.1 cm³/mol. The average Bonchev–Trinajstić information content (AvgIpc) is 3.14. The van der Waals surface area contributed by atoms with Gasteiger partial charge in [0.2, 0.25) is 5.89 Å². The summed E-state index contributed by atoms with van der Waals surface area (Å²) in [7, 11) is 0. The Morgan fingerprint density at radius 3 is 2.56 bits per heavy atom. The molecular formula is C19H28N4O2.